The predicted octanol–water partition coefficient (Wildman–Crippen LogP) is 4.72. The van der Waals surface area contributed by atoms with Crippen molar-refractivity contribution in [1.82, 2.24) is 15.3 Å². The van der Waals surface area contributed by atoms with Crippen molar-refractivity contribution in [1.29, 1.82) is 0 Å². The van der Waals surface area contributed by atoms with Gasteiger partial charge in [-0.2, -0.15) is 0 Å². The van der Waals surface area contributed by atoms with Gasteiger partial charge < -0.3 is 10.3 Å². The van der Waals surface area contributed by atoms with Crippen molar-refractivity contribution in [3.05, 3.63) is 76.5 Å². The number of nitrogens with zero attached hydrogens (tertiary/aromatic N) is 1. The molecule has 2 N–H and O–H groups in total. The van der Waals surface area contributed by atoms with Crippen LogP contribution in [0.4, 0.5) is 4.39 Å². The number of rotatable bonds is 7. The fourth-order valence-electron chi connectivity index (χ4n) is 3.33. The largest absolute Gasteiger partial charge is 0.356 e. The van der Waals surface area contributed by atoms with Crippen molar-refractivity contribution < 1.29 is 9.18 Å². The van der Waals surface area contributed by atoms with E-state index in [9.17, 15) is 9.18 Å². The maximum Gasteiger partial charge on any atom is 0.220 e. The van der Waals surface area contributed by atoms with E-state index in [4.69, 9.17) is 0 Å². The number of para-hydroxylation sites is 1. The first kappa shape index (κ1) is 18.4. The number of aromatic nitrogens is 2. The van der Waals surface area contributed by atoms with Crippen LogP contribution in [0.15, 0.2) is 60.1 Å². The number of carbonyl (C=O) groups is 1. The van der Waals surface area contributed by atoms with Gasteiger partial charge in [0.1, 0.15) is 5.82 Å². The summed E-state index contributed by atoms with van der Waals surface area (Å²) in [5.74, 6) is -0.243. The van der Waals surface area contributed by atoms with Gasteiger partial charge in [-0.15, -0.1) is 11.3 Å². The maximum atomic E-state index is 13.3. The lowest BCUT2D eigenvalue weighted by atomic mass is 10.0. The Bertz CT molecular complexity index is 1070. The average Bonchev–Trinajstić information content (AvgIpc) is 3.35. The number of carbonyl (C=O) groups excluding carboxylic acids is 1. The SMILES string of the molecule is O=C(CCc1c(-c2ccc(F)cc2)[nH]c2ccccc12)NCCc1nccs1. The van der Waals surface area contributed by atoms with Gasteiger partial charge in [-0.1, -0.05) is 18.2 Å². The van der Waals surface area contributed by atoms with E-state index in [0.29, 0.717) is 19.4 Å². The highest BCUT2D eigenvalue weighted by molar-refractivity contribution is 7.09. The summed E-state index contributed by atoms with van der Waals surface area (Å²) in [4.78, 5) is 20.0. The molecule has 4 rings (SSSR count). The Morgan fingerprint density at radius 2 is 1.93 bits per heavy atom. The second kappa shape index (κ2) is 8.35. The molecular formula is C22H20FN3OS. The molecule has 0 aliphatic heterocycles. The summed E-state index contributed by atoms with van der Waals surface area (Å²) < 4.78 is 13.3. The quantitative estimate of drug-likeness (QED) is 0.477. The highest BCUT2D eigenvalue weighted by Crippen LogP contribution is 2.31. The summed E-state index contributed by atoms with van der Waals surface area (Å²) in [6, 6.07) is 14.5. The van der Waals surface area contributed by atoms with Crippen LogP contribution in [0.5, 0.6) is 0 Å². The lowest BCUT2D eigenvalue weighted by molar-refractivity contribution is -0.121. The Morgan fingerprint density at radius 3 is 2.71 bits per heavy atom. The minimum atomic E-state index is -0.263. The van der Waals surface area contributed by atoms with E-state index in [1.165, 1.54) is 12.1 Å². The zero-order valence-corrected chi connectivity index (χ0v) is 16.1. The second-order valence-electron chi connectivity index (χ2n) is 6.56. The minimum absolute atomic E-state index is 0.0203. The molecule has 0 spiro atoms. The number of benzene rings is 2. The molecule has 6 heteroatoms. The third kappa shape index (κ3) is 4.12. The van der Waals surface area contributed by atoms with Gasteiger partial charge in [-0.3, -0.25) is 4.79 Å². The van der Waals surface area contributed by atoms with Crippen molar-refractivity contribution in [2.24, 2.45) is 0 Å². The van der Waals surface area contributed by atoms with E-state index in [0.717, 1.165) is 39.2 Å². The fraction of sp³-hybridized carbons (Fsp3) is 0.182. The molecule has 2 heterocycles. The third-order valence-corrected chi connectivity index (χ3v) is 5.53. The first-order valence-electron chi connectivity index (χ1n) is 9.21. The zero-order valence-electron chi connectivity index (χ0n) is 15.2. The predicted molar refractivity (Wildman–Crippen MR) is 111 cm³/mol. The number of amides is 1. The highest BCUT2D eigenvalue weighted by atomic mass is 32.1. The van der Waals surface area contributed by atoms with Gasteiger partial charge in [0.2, 0.25) is 5.91 Å². The van der Waals surface area contributed by atoms with Gasteiger partial charge in [0.25, 0.3) is 0 Å². The van der Waals surface area contributed by atoms with E-state index >= 15 is 0 Å². The van der Waals surface area contributed by atoms with Crippen LogP contribution in [0.2, 0.25) is 0 Å². The number of hydrogen-bond acceptors (Lipinski definition) is 3. The number of aromatic amines is 1. The molecular weight excluding hydrogens is 373 g/mol. The second-order valence-corrected chi connectivity index (χ2v) is 7.54. The highest BCUT2D eigenvalue weighted by Gasteiger charge is 2.14. The molecule has 28 heavy (non-hydrogen) atoms. The smallest absolute Gasteiger partial charge is 0.220 e. The molecule has 0 bridgehead atoms. The van der Waals surface area contributed by atoms with E-state index in [1.54, 1.807) is 29.7 Å². The van der Waals surface area contributed by atoms with E-state index in [-0.39, 0.29) is 11.7 Å². The van der Waals surface area contributed by atoms with E-state index in [2.05, 4.69) is 21.4 Å². The van der Waals surface area contributed by atoms with Gasteiger partial charge in [0.05, 0.1) is 5.01 Å². The summed E-state index contributed by atoms with van der Waals surface area (Å²) in [5, 5.41) is 7.02. The standard InChI is InChI=1S/C22H20FN3OS/c23-16-7-5-15(6-8-16)22-18(17-3-1-2-4-19(17)26-22)9-10-20(27)24-12-11-21-25-13-14-28-21/h1-8,13-14,26H,9-12H2,(H,24,27). The molecule has 2 aromatic carbocycles. The Labute approximate surface area is 166 Å². The topological polar surface area (TPSA) is 57.8 Å². The minimum Gasteiger partial charge on any atom is -0.356 e. The molecule has 0 fully saturated rings. The van der Waals surface area contributed by atoms with Crippen molar-refractivity contribution >= 4 is 28.1 Å². The fourth-order valence-corrected chi connectivity index (χ4v) is 3.96. The van der Waals surface area contributed by atoms with Crippen LogP contribution in [0.25, 0.3) is 22.2 Å². The van der Waals surface area contributed by atoms with Crippen LogP contribution in [0, 0.1) is 5.82 Å². The monoisotopic (exact) mass is 393 g/mol. The zero-order chi connectivity index (χ0) is 19.3. The summed E-state index contributed by atoms with van der Waals surface area (Å²) in [6.07, 6.45) is 3.53. The molecule has 1 amide bonds. The number of fused-ring (bicyclic) bond motifs is 1. The average molecular weight is 393 g/mol. The number of halogens is 1. The van der Waals surface area contributed by atoms with Crippen LogP contribution in [-0.4, -0.2) is 22.4 Å². The molecule has 0 aliphatic rings. The summed E-state index contributed by atoms with van der Waals surface area (Å²) in [5.41, 5.74) is 3.95. The Morgan fingerprint density at radius 1 is 1.11 bits per heavy atom. The van der Waals surface area contributed by atoms with E-state index < -0.39 is 0 Å². The molecule has 4 nitrogen and oxygen atoms in total. The van der Waals surface area contributed by atoms with Crippen molar-refractivity contribution in [2.75, 3.05) is 6.54 Å². The molecule has 4 aromatic rings. The number of thiazole rings is 1. The lowest BCUT2D eigenvalue weighted by Gasteiger charge is -2.07. The number of H-pyrrole nitrogens is 1. The molecule has 2 aromatic heterocycles. The first-order chi connectivity index (χ1) is 13.7. The van der Waals surface area contributed by atoms with Gasteiger partial charge in [-0.05, 0) is 47.9 Å². The Balaban J connectivity index is 1.48. The van der Waals surface area contributed by atoms with Crippen LogP contribution >= 0.6 is 11.3 Å². The molecule has 0 atom stereocenters. The van der Waals surface area contributed by atoms with Gasteiger partial charge >= 0.3 is 0 Å². The molecule has 0 radical (unpaired) electrons. The van der Waals surface area contributed by atoms with E-state index in [1.807, 2.05) is 23.6 Å². The Hall–Kier alpha value is -2.99. The van der Waals surface area contributed by atoms with Crippen LogP contribution in [0.1, 0.15) is 17.0 Å². The summed E-state index contributed by atoms with van der Waals surface area (Å²) in [7, 11) is 0. The number of hydrogen-bond donors (Lipinski definition) is 2. The van der Waals surface area contributed by atoms with Crippen molar-refractivity contribution in [3.63, 3.8) is 0 Å². The summed E-state index contributed by atoms with van der Waals surface area (Å²) in [6.45, 7) is 0.588. The number of aryl methyl sites for hydroxylation is 1. The van der Waals surface area contributed by atoms with Crippen LogP contribution < -0.4 is 5.32 Å². The molecule has 0 aliphatic carbocycles. The first-order valence-corrected chi connectivity index (χ1v) is 10.1. The van der Waals surface area contributed by atoms with Crippen LogP contribution in [-0.2, 0) is 17.6 Å². The molecule has 0 saturated carbocycles. The van der Waals surface area contributed by atoms with Crippen molar-refractivity contribution in [2.45, 2.75) is 19.3 Å². The third-order valence-electron chi connectivity index (χ3n) is 4.69. The van der Waals surface area contributed by atoms with Gasteiger partial charge in [0, 0.05) is 47.6 Å². The van der Waals surface area contributed by atoms with Gasteiger partial charge in [0.15, 0.2) is 0 Å². The Kier molecular flexibility index (Phi) is 5.48. The van der Waals surface area contributed by atoms with Crippen LogP contribution in [0.3, 0.4) is 0 Å². The van der Waals surface area contributed by atoms with Gasteiger partial charge in [-0.25, -0.2) is 9.37 Å². The molecule has 142 valence electrons. The number of nitrogens with one attached hydrogen (secondary N) is 2. The maximum absolute atomic E-state index is 13.3. The lowest BCUT2D eigenvalue weighted by Crippen LogP contribution is -2.25. The summed E-state index contributed by atoms with van der Waals surface area (Å²) >= 11 is 1.59. The van der Waals surface area contributed by atoms with Crippen molar-refractivity contribution in [3.8, 4) is 11.3 Å². The normalized spacial score (nSPS) is 11.0. The molecule has 0 saturated heterocycles. The molecule has 0 unspecified atom stereocenters.